The van der Waals surface area contributed by atoms with Crippen LogP contribution in [0.2, 0.25) is 0 Å². The van der Waals surface area contributed by atoms with E-state index in [0.29, 0.717) is 11.2 Å². The number of para-hydroxylation sites is 1. The van der Waals surface area contributed by atoms with E-state index >= 15 is 0 Å². The van der Waals surface area contributed by atoms with E-state index in [2.05, 4.69) is 11.4 Å². The van der Waals surface area contributed by atoms with Crippen molar-refractivity contribution in [3.63, 3.8) is 0 Å². The molecule has 0 aromatic heterocycles. The molecule has 14 heavy (non-hydrogen) atoms. The molecule has 2 aliphatic rings. The van der Waals surface area contributed by atoms with Gasteiger partial charge in [-0.2, -0.15) is 0 Å². The van der Waals surface area contributed by atoms with Crippen LogP contribution < -0.4 is 5.32 Å². The molecule has 1 aliphatic heterocycles. The zero-order chi connectivity index (χ0) is 9.60. The van der Waals surface area contributed by atoms with Crippen molar-refractivity contribution < 1.29 is 5.11 Å². The average Bonchev–Trinajstić information content (AvgIpc) is 2.93. The Bertz CT molecular complexity index is 363. The van der Waals surface area contributed by atoms with E-state index in [9.17, 15) is 5.11 Å². The molecule has 1 aliphatic carbocycles. The first-order valence-electron chi connectivity index (χ1n) is 5.32. The van der Waals surface area contributed by atoms with Gasteiger partial charge in [0.1, 0.15) is 5.75 Å². The Hall–Kier alpha value is -1.02. The second kappa shape index (κ2) is 2.74. The van der Waals surface area contributed by atoms with Crippen LogP contribution in [0.25, 0.3) is 0 Å². The molecule has 0 radical (unpaired) electrons. The average molecular weight is 189 g/mol. The molecule has 3 rings (SSSR count). The number of rotatable bonds is 1. The number of nitrogens with one attached hydrogen (secondary N) is 1. The number of phenols is 1. The molecule has 1 saturated carbocycles. The summed E-state index contributed by atoms with van der Waals surface area (Å²) < 4.78 is 0. The van der Waals surface area contributed by atoms with Crippen LogP contribution in [0, 0.1) is 5.92 Å². The number of fused-ring (bicyclic) bond motifs is 1. The van der Waals surface area contributed by atoms with Gasteiger partial charge >= 0.3 is 0 Å². The maximum Gasteiger partial charge on any atom is 0.119 e. The fraction of sp³-hybridized carbons (Fsp3) is 0.500. The highest BCUT2D eigenvalue weighted by molar-refractivity contribution is 5.44. The summed E-state index contributed by atoms with van der Waals surface area (Å²) in [5.74, 6) is 1.24. The standard InChI is InChI=1S/C12H15NO/c14-11-4-2-1-3-10(11)12-5-6-13-8-9(12)7-12/h1-4,9,13-14H,5-8H2. The first-order chi connectivity index (χ1) is 6.83. The van der Waals surface area contributed by atoms with Gasteiger partial charge in [-0.3, -0.25) is 0 Å². The molecule has 2 unspecified atom stereocenters. The Morgan fingerprint density at radius 1 is 1.36 bits per heavy atom. The van der Waals surface area contributed by atoms with Gasteiger partial charge in [0.15, 0.2) is 0 Å². The van der Waals surface area contributed by atoms with E-state index in [-0.39, 0.29) is 0 Å². The first-order valence-corrected chi connectivity index (χ1v) is 5.32. The van der Waals surface area contributed by atoms with Gasteiger partial charge in [-0.15, -0.1) is 0 Å². The van der Waals surface area contributed by atoms with Crippen molar-refractivity contribution in [3.05, 3.63) is 29.8 Å². The first kappa shape index (κ1) is 8.30. The molecule has 1 heterocycles. The van der Waals surface area contributed by atoms with Crippen molar-refractivity contribution >= 4 is 0 Å². The summed E-state index contributed by atoms with van der Waals surface area (Å²) >= 11 is 0. The van der Waals surface area contributed by atoms with Crippen LogP contribution in [0.15, 0.2) is 24.3 Å². The maximum atomic E-state index is 9.83. The molecule has 1 saturated heterocycles. The molecule has 0 spiro atoms. The molecule has 2 atom stereocenters. The quantitative estimate of drug-likeness (QED) is 0.704. The minimum Gasteiger partial charge on any atom is -0.508 e. The summed E-state index contributed by atoms with van der Waals surface area (Å²) in [6, 6.07) is 7.82. The third kappa shape index (κ3) is 1.01. The molecule has 0 bridgehead atoms. The highest BCUT2D eigenvalue weighted by atomic mass is 16.3. The summed E-state index contributed by atoms with van der Waals surface area (Å²) in [6.07, 6.45) is 2.42. The van der Waals surface area contributed by atoms with E-state index in [1.807, 2.05) is 18.2 Å². The number of aromatic hydroxyl groups is 1. The Kier molecular flexibility index (Phi) is 1.62. The minimum atomic E-state index is 0.316. The molecular weight excluding hydrogens is 174 g/mol. The van der Waals surface area contributed by atoms with E-state index < -0.39 is 0 Å². The second-order valence-corrected chi connectivity index (χ2v) is 4.53. The monoisotopic (exact) mass is 189 g/mol. The Morgan fingerprint density at radius 2 is 2.21 bits per heavy atom. The Balaban J connectivity index is 2.00. The fourth-order valence-electron chi connectivity index (χ4n) is 2.90. The highest BCUT2D eigenvalue weighted by Crippen LogP contribution is 2.59. The summed E-state index contributed by atoms with van der Waals surface area (Å²) in [5.41, 5.74) is 1.49. The van der Waals surface area contributed by atoms with Gasteiger partial charge in [0, 0.05) is 11.0 Å². The molecule has 2 fully saturated rings. The number of piperidine rings is 1. The van der Waals surface area contributed by atoms with E-state index in [4.69, 9.17) is 0 Å². The maximum absolute atomic E-state index is 9.83. The van der Waals surface area contributed by atoms with Gasteiger partial charge in [0.05, 0.1) is 0 Å². The lowest BCUT2D eigenvalue weighted by Crippen LogP contribution is -2.31. The van der Waals surface area contributed by atoms with Crippen molar-refractivity contribution in [1.29, 1.82) is 0 Å². The van der Waals surface area contributed by atoms with Crippen LogP contribution in [0.4, 0.5) is 0 Å². The van der Waals surface area contributed by atoms with Gasteiger partial charge in [0.2, 0.25) is 0 Å². The number of phenolic OH excluding ortho intramolecular Hbond substituents is 1. The predicted molar refractivity (Wildman–Crippen MR) is 55.4 cm³/mol. The zero-order valence-corrected chi connectivity index (χ0v) is 8.16. The summed E-state index contributed by atoms with van der Waals surface area (Å²) in [7, 11) is 0. The van der Waals surface area contributed by atoms with Crippen LogP contribution in [-0.2, 0) is 5.41 Å². The predicted octanol–water partition coefficient (Wildman–Crippen LogP) is 1.64. The van der Waals surface area contributed by atoms with E-state index in [1.54, 1.807) is 0 Å². The van der Waals surface area contributed by atoms with Crippen molar-refractivity contribution in [2.75, 3.05) is 13.1 Å². The Labute approximate surface area is 84.0 Å². The lowest BCUT2D eigenvalue weighted by Gasteiger charge is -2.23. The van der Waals surface area contributed by atoms with E-state index in [0.717, 1.165) is 19.0 Å². The molecule has 1 aromatic carbocycles. The Morgan fingerprint density at radius 3 is 3.00 bits per heavy atom. The van der Waals surface area contributed by atoms with E-state index in [1.165, 1.54) is 18.4 Å². The van der Waals surface area contributed by atoms with Crippen LogP contribution in [0.3, 0.4) is 0 Å². The van der Waals surface area contributed by atoms with Crippen molar-refractivity contribution in [3.8, 4) is 5.75 Å². The zero-order valence-electron chi connectivity index (χ0n) is 8.16. The molecule has 2 nitrogen and oxygen atoms in total. The molecule has 2 heteroatoms. The van der Waals surface area contributed by atoms with Gasteiger partial charge in [-0.1, -0.05) is 18.2 Å². The van der Waals surface area contributed by atoms with Gasteiger partial charge in [-0.25, -0.2) is 0 Å². The normalized spacial score (nSPS) is 35.0. The molecule has 1 aromatic rings. The SMILES string of the molecule is Oc1ccccc1C12CCNCC1C2. The van der Waals surface area contributed by atoms with Crippen molar-refractivity contribution in [2.45, 2.75) is 18.3 Å². The third-order valence-electron chi connectivity index (χ3n) is 3.81. The summed E-state index contributed by atoms with van der Waals surface area (Å²) in [5, 5.41) is 13.2. The summed E-state index contributed by atoms with van der Waals surface area (Å²) in [6.45, 7) is 2.21. The molecule has 2 N–H and O–H groups in total. The molecular formula is C12H15NO. The number of benzene rings is 1. The molecule has 74 valence electrons. The number of hydrogen-bond acceptors (Lipinski definition) is 2. The van der Waals surface area contributed by atoms with Crippen LogP contribution in [0.5, 0.6) is 5.75 Å². The largest absolute Gasteiger partial charge is 0.508 e. The topological polar surface area (TPSA) is 32.3 Å². The molecule has 0 amide bonds. The smallest absolute Gasteiger partial charge is 0.119 e. The second-order valence-electron chi connectivity index (χ2n) is 4.53. The third-order valence-corrected chi connectivity index (χ3v) is 3.81. The lowest BCUT2D eigenvalue weighted by atomic mass is 9.87. The lowest BCUT2D eigenvalue weighted by molar-refractivity contribution is 0.414. The van der Waals surface area contributed by atoms with Crippen LogP contribution in [0.1, 0.15) is 18.4 Å². The van der Waals surface area contributed by atoms with Crippen LogP contribution in [-0.4, -0.2) is 18.2 Å². The highest BCUT2D eigenvalue weighted by Gasteiger charge is 2.56. The van der Waals surface area contributed by atoms with Gasteiger partial charge in [-0.05, 0) is 37.9 Å². The fourth-order valence-corrected chi connectivity index (χ4v) is 2.90. The van der Waals surface area contributed by atoms with Crippen molar-refractivity contribution in [1.82, 2.24) is 5.32 Å². The van der Waals surface area contributed by atoms with Crippen LogP contribution >= 0.6 is 0 Å². The number of hydrogen-bond donors (Lipinski definition) is 2. The summed E-state index contributed by atoms with van der Waals surface area (Å²) in [4.78, 5) is 0. The van der Waals surface area contributed by atoms with Gasteiger partial charge in [0.25, 0.3) is 0 Å². The van der Waals surface area contributed by atoms with Crippen molar-refractivity contribution in [2.24, 2.45) is 5.92 Å². The minimum absolute atomic E-state index is 0.316. The van der Waals surface area contributed by atoms with Gasteiger partial charge < -0.3 is 10.4 Å².